The molecule has 0 amide bonds. The summed E-state index contributed by atoms with van der Waals surface area (Å²) in [5.41, 5.74) is 4.93. The van der Waals surface area contributed by atoms with Crippen LogP contribution in [0.4, 0.5) is 5.00 Å². The van der Waals surface area contributed by atoms with Crippen molar-refractivity contribution in [3.63, 3.8) is 0 Å². The van der Waals surface area contributed by atoms with Crippen LogP contribution in [0.15, 0.2) is 45.6 Å². The molecule has 0 spiro atoms. The van der Waals surface area contributed by atoms with Crippen LogP contribution in [0.3, 0.4) is 0 Å². The quantitative estimate of drug-likeness (QED) is 0.306. The molecular weight excluding hydrogens is 403 g/mol. The molecule has 110 valence electrons. The summed E-state index contributed by atoms with van der Waals surface area (Å²) < 4.78 is 5.46. The summed E-state index contributed by atoms with van der Waals surface area (Å²) in [4.78, 5) is 4.22. The molecule has 0 saturated carbocycles. The molecule has 0 saturated heterocycles. The number of hydrogen-bond acceptors (Lipinski definition) is 2. The lowest BCUT2D eigenvalue weighted by molar-refractivity contribution is -0.660. The van der Waals surface area contributed by atoms with Gasteiger partial charge < -0.3 is 0 Å². The second-order valence-corrected chi connectivity index (χ2v) is 6.82. The second kappa shape index (κ2) is 6.30. The molecule has 0 bridgehead atoms. The smallest absolute Gasteiger partial charge is 0.213 e. The van der Waals surface area contributed by atoms with Crippen LogP contribution in [0.25, 0.3) is 27.4 Å². The minimum absolute atomic E-state index is 0.980. The van der Waals surface area contributed by atoms with Gasteiger partial charge in [-0.1, -0.05) is 34.7 Å². The highest BCUT2D eigenvalue weighted by molar-refractivity contribution is 14.1. The monoisotopic (exact) mass is 419 g/mol. The molecule has 3 aromatic rings. The van der Waals surface area contributed by atoms with Gasteiger partial charge in [0.25, 0.3) is 0 Å². The van der Waals surface area contributed by atoms with Crippen molar-refractivity contribution in [1.82, 2.24) is 0 Å². The van der Waals surface area contributed by atoms with Crippen molar-refractivity contribution in [3.05, 3.63) is 51.7 Å². The van der Waals surface area contributed by atoms with Gasteiger partial charge in [0.15, 0.2) is 6.20 Å². The fraction of sp³-hybridized carbons (Fsp3) is 0.111. The molecule has 0 aliphatic rings. The van der Waals surface area contributed by atoms with Gasteiger partial charge in [-0.3, -0.25) is 4.99 Å². The van der Waals surface area contributed by atoms with E-state index in [1.165, 1.54) is 26.9 Å². The maximum atomic E-state index is 4.22. The predicted molar refractivity (Wildman–Crippen MR) is 105 cm³/mol. The standard InChI is InChI=1S/C18H16IN2S/c1-12-7-8-13-14(9-10-19)18(20-2)22-17(13)16(12)15-6-4-5-11-21(15)3/h4-11H,2H2,1,3H3/q+1/b10-9-. The Labute approximate surface area is 148 Å². The average molecular weight is 419 g/mol. The lowest BCUT2D eigenvalue weighted by Crippen LogP contribution is -2.30. The fourth-order valence-electron chi connectivity index (χ4n) is 2.71. The van der Waals surface area contributed by atoms with Crippen molar-refractivity contribution >= 4 is 61.8 Å². The summed E-state index contributed by atoms with van der Waals surface area (Å²) in [5.74, 6) is 0. The minimum atomic E-state index is 0.980. The molecule has 22 heavy (non-hydrogen) atoms. The summed E-state index contributed by atoms with van der Waals surface area (Å²) in [6, 6.07) is 10.7. The first kappa shape index (κ1) is 15.4. The molecule has 2 heterocycles. The Morgan fingerprint density at radius 1 is 1.27 bits per heavy atom. The average Bonchev–Trinajstić information content (AvgIpc) is 2.87. The van der Waals surface area contributed by atoms with E-state index in [1.807, 2.05) is 10.1 Å². The largest absolute Gasteiger partial charge is 0.253 e. The Hall–Kier alpha value is -1.53. The third-order valence-corrected chi connectivity index (χ3v) is 5.30. The highest BCUT2D eigenvalue weighted by Gasteiger charge is 2.19. The molecule has 3 rings (SSSR count). The van der Waals surface area contributed by atoms with Crippen molar-refractivity contribution in [2.75, 3.05) is 0 Å². The molecule has 0 radical (unpaired) electrons. The van der Waals surface area contributed by atoms with Crippen LogP contribution < -0.4 is 4.57 Å². The highest BCUT2D eigenvalue weighted by Crippen LogP contribution is 2.43. The predicted octanol–water partition coefficient (Wildman–Crippen LogP) is 5.44. The van der Waals surface area contributed by atoms with Gasteiger partial charge in [0.05, 0.1) is 10.3 Å². The number of hydrogen-bond donors (Lipinski definition) is 0. The molecule has 0 fully saturated rings. The van der Waals surface area contributed by atoms with Crippen LogP contribution in [0.1, 0.15) is 11.1 Å². The van der Waals surface area contributed by atoms with Crippen molar-refractivity contribution in [1.29, 1.82) is 0 Å². The second-order valence-electron chi connectivity index (χ2n) is 5.10. The number of nitrogens with zero attached hydrogens (tertiary/aromatic N) is 2. The van der Waals surface area contributed by atoms with Gasteiger partial charge in [-0.15, -0.1) is 11.3 Å². The zero-order chi connectivity index (χ0) is 15.7. The molecule has 0 aliphatic carbocycles. The molecule has 2 aromatic heterocycles. The number of aryl methyl sites for hydroxylation is 2. The van der Waals surface area contributed by atoms with Gasteiger partial charge in [0.1, 0.15) is 12.0 Å². The van der Waals surface area contributed by atoms with E-state index in [1.54, 1.807) is 11.3 Å². The number of fused-ring (bicyclic) bond motifs is 1. The van der Waals surface area contributed by atoms with E-state index in [4.69, 9.17) is 0 Å². The number of aromatic nitrogens is 1. The van der Waals surface area contributed by atoms with E-state index >= 15 is 0 Å². The van der Waals surface area contributed by atoms with Crippen LogP contribution in [-0.2, 0) is 7.05 Å². The Morgan fingerprint density at radius 3 is 2.77 bits per heavy atom. The normalized spacial score (nSPS) is 11.4. The maximum absolute atomic E-state index is 4.22. The summed E-state index contributed by atoms with van der Waals surface area (Å²) in [6.45, 7) is 5.89. The Bertz CT molecular complexity index is 893. The van der Waals surface area contributed by atoms with E-state index < -0.39 is 0 Å². The maximum Gasteiger partial charge on any atom is 0.213 e. The Kier molecular flexibility index (Phi) is 4.40. The number of thiophene rings is 1. The molecule has 0 N–H and O–H groups in total. The van der Waals surface area contributed by atoms with E-state index in [-0.39, 0.29) is 0 Å². The molecular formula is C18H16IN2S+. The lowest BCUT2D eigenvalue weighted by atomic mass is 10.0. The van der Waals surface area contributed by atoms with Crippen molar-refractivity contribution in [3.8, 4) is 11.3 Å². The van der Waals surface area contributed by atoms with Gasteiger partial charge >= 0.3 is 0 Å². The molecule has 0 atom stereocenters. The van der Waals surface area contributed by atoms with Gasteiger partial charge in [0.2, 0.25) is 5.69 Å². The van der Waals surface area contributed by atoms with Crippen LogP contribution in [0.5, 0.6) is 0 Å². The van der Waals surface area contributed by atoms with Crippen molar-refractivity contribution in [2.24, 2.45) is 12.0 Å². The number of aliphatic imine (C=N–C) groups is 1. The molecule has 4 heteroatoms. The van der Waals surface area contributed by atoms with Gasteiger partial charge in [-0.05, 0) is 35.4 Å². The Balaban J connectivity index is 2.43. The van der Waals surface area contributed by atoms with E-state index in [2.05, 4.69) is 89.4 Å². The number of pyridine rings is 1. The van der Waals surface area contributed by atoms with E-state index in [0.717, 1.165) is 10.6 Å². The first-order valence-corrected chi connectivity index (χ1v) is 8.98. The van der Waals surface area contributed by atoms with Gasteiger partial charge in [-0.2, -0.15) is 0 Å². The molecule has 0 aliphatic heterocycles. The zero-order valence-electron chi connectivity index (χ0n) is 12.5. The van der Waals surface area contributed by atoms with Crippen LogP contribution >= 0.6 is 33.9 Å². The van der Waals surface area contributed by atoms with E-state index in [0.29, 0.717) is 0 Å². The minimum Gasteiger partial charge on any atom is -0.253 e. The van der Waals surface area contributed by atoms with Crippen molar-refractivity contribution in [2.45, 2.75) is 6.92 Å². The Morgan fingerprint density at radius 2 is 2.09 bits per heavy atom. The summed E-state index contributed by atoms with van der Waals surface area (Å²) >= 11 is 3.96. The third kappa shape index (κ3) is 2.50. The summed E-state index contributed by atoms with van der Waals surface area (Å²) in [6.07, 6.45) is 4.19. The summed E-state index contributed by atoms with van der Waals surface area (Å²) in [5, 5.41) is 2.22. The topological polar surface area (TPSA) is 16.2 Å². The third-order valence-electron chi connectivity index (χ3n) is 3.77. The first-order valence-electron chi connectivity index (χ1n) is 6.92. The SMILES string of the molecule is C=Nc1sc2c(-c3cccc[n+]3C)c(C)ccc2c1/C=C\I. The summed E-state index contributed by atoms with van der Waals surface area (Å²) in [7, 11) is 2.08. The fourth-order valence-corrected chi connectivity index (χ4v) is 4.27. The molecule has 2 nitrogen and oxygen atoms in total. The first-order chi connectivity index (χ1) is 10.7. The van der Waals surface area contributed by atoms with Crippen molar-refractivity contribution < 1.29 is 4.57 Å². The van der Waals surface area contributed by atoms with Crippen LogP contribution in [0, 0.1) is 6.92 Å². The highest BCUT2D eigenvalue weighted by atomic mass is 127. The van der Waals surface area contributed by atoms with E-state index in [9.17, 15) is 0 Å². The number of halogens is 1. The number of rotatable bonds is 3. The van der Waals surface area contributed by atoms with Crippen LogP contribution in [0.2, 0.25) is 0 Å². The molecule has 0 unspecified atom stereocenters. The number of benzene rings is 1. The molecule has 1 aromatic carbocycles. The van der Waals surface area contributed by atoms with Gasteiger partial charge in [0, 0.05) is 23.1 Å². The van der Waals surface area contributed by atoms with Crippen LogP contribution in [-0.4, -0.2) is 6.72 Å². The lowest BCUT2D eigenvalue weighted by Gasteiger charge is -2.06. The van der Waals surface area contributed by atoms with Gasteiger partial charge in [-0.25, -0.2) is 4.57 Å². The zero-order valence-corrected chi connectivity index (χ0v) is 15.5.